The van der Waals surface area contributed by atoms with Crippen molar-refractivity contribution >= 4 is 41.6 Å². The van der Waals surface area contributed by atoms with E-state index in [-0.39, 0.29) is 48.4 Å². The van der Waals surface area contributed by atoms with Crippen LogP contribution in [0.25, 0.3) is 6.08 Å². The van der Waals surface area contributed by atoms with Crippen molar-refractivity contribution in [1.82, 2.24) is 15.5 Å². The number of nitrogens with two attached hydrogens (primary N) is 1. The molecule has 0 saturated carbocycles. The Bertz CT molecular complexity index is 1370. The van der Waals surface area contributed by atoms with Crippen LogP contribution in [-0.2, 0) is 23.9 Å². The van der Waals surface area contributed by atoms with Gasteiger partial charge < -0.3 is 35.5 Å². The molecular weight excluding hydrogens is 546 g/mol. The fourth-order valence-electron chi connectivity index (χ4n) is 3.60. The second-order valence-corrected chi connectivity index (χ2v) is 9.16. The van der Waals surface area contributed by atoms with Crippen molar-refractivity contribution in [3.8, 4) is 5.75 Å². The molecule has 0 radical (unpaired) electrons. The third-order valence-corrected chi connectivity index (χ3v) is 5.63. The van der Waals surface area contributed by atoms with Gasteiger partial charge in [0, 0.05) is 43.3 Å². The molecule has 0 aliphatic carbocycles. The SMILES string of the molecule is CCOC(=O)C[C@H](COc1cc(C(=N)N)ccc1/C=C(/NC(C)=O)C(=O)OC)NC(=O)c1ccc(C(=O)N(C)C)cc1. The summed E-state index contributed by atoms with van der Waals surface area (Å²) >= 11 is 0. The zero-order chi connectivity index (χ0) is 31.4. The second kappa shape index (κ2) is 15.6. The number of ether oxygens (including phenoxy) is 3. The van der Waals surface area contributed by atoms with E-state index in [1.165, 1.54) is 60.4 Å². The lowest BCUT2D eigenvalue weighted by molar-refractivity contribution is -0.143. The predicted octanol–water partition coefficient (Wildman–Crippen LogP) is 1.45. The van der Waals surface area contributed by atoms with Crippen molar-refractivity contribution in [2.75, 3.05) is 34.4 Å². The normalized spacial score (nSPS) is 11.5. The Morgan fingerprint density at radius 2 is 1.64 bits per heavy atom. The molecule has 0 unspecified atom stereocenters. The summed E-state index contributed by atoms with van der Waals surface area (Å²) in [4.78, 5) is 62.8. The standard InChI is InChI=1S/C29H35N5O8/c1-6-41-25(36)15-22(33-27(37)18-7-9-19(10-8-18)28(38)34(3)4)16-42-24-14-21(26(30)31)12-11-20(24)13-23(29(39)40-5)32-17(2)35/h7-14,22H,6,15-16H2,1-5H3,(H3,30,31)(H,32,35)(H,33,37)/b23-13+/t22-/m1/s1. The molecule has 0 bridgehead atoms. The number of methoxy groups -OCH3 is 1. The van der Waals surface area contributed by atoms with Crippen LogP contribution in [0.3, 0.4) is 0 Å². The van der Waals surface area contributed by atoms with Crippen LogP contribution in [0.5, 0.6) is 5.75 Å². The molecule has 0 fully saturated rings. The number of nitrogen functional groups attached to an aromatic ring is 1. The van der Waals surface area contributed by atoms with Gasteiger partial charge in [-0.25, -0.2) is 4.79 Å². The highest BCUT2D eigenvalue weighted by molar-refractivity contribution is 5.99. The van der Waals surface area contributed by atoms with Crippen molar-refractivity contribution in [2.24, 2.45) is 5.73 Å². The van der Waals surface area contributed by atoms with E-state index in [2.05, 4.69) is 10.6 Å². The van der Waals surface area contributed by atoms with Crippen molar-refractivity contribution in [3.63, 3.8) is 0 Å². The first-order valence-electron chi connectivity index (χ1n) is 12.8. The van der Waals surface area contributed by atoms with Crippen molar-refractivity contribution in [1.29, 1.82) is 5.41 Å². The van der Waals surface area contributed by atoms with Crippen molar-refractivity contribution < 1.29 is 38.2 Å². The van der Waals surface area contributed by atoms with Gasteiger partial charge in [0.1, 0.15) is 23.9 Å². The van der Waals surface area contributed by atoms with Gasteiger partial charge in [-0.2, -0.15) is 0 Å². The maximum atomic E-state index is 13.0. The minimum Gasteiger partial charge on any atom is -0.491 e. The molecule has 13 nitrogen and oxygen atoms in total. The highest BCUT2D eigenvalue weighted by atomic mass is 16.5. The Morgan fingerprint density at radius 1 is 1.02 bits per heavy atom. The number of benzene rings is 2. The molecular formula is C29H35N5O8. The first-order chi connectivity index (χ1) is 19.9. The Kier molecular flexibility index (Phi) is 12.2. The van der Waals surface area contributed by atoms with Gasteiger partial charge >= 0.3 is 11.9 Å². The minimum atomic E-state index is -0.868. The number of hydrogen-bond donors (Lipinski definition) is 4. The number of carbonyl (C=O) groups is 5. The summed E-state index contributed by atoms with van der Waals surface area (Å²) in [6.45, 7) is 2.79. The molecule has 0 aromatic heterocycles. The van der Waals surface area contributed by atoms with E-state index in [1.807, 2.05) is 0 Å². The summed E-state index contributed by atoms with van der Waals surface area (Å²) in [6, 6.07) is 9.64. The molecule has 13 heteroatoms. The van der Waals surface area contributed by atoms with E-state index in [0.29, 0.717) is 16.7 Å². The minimum absolute atomic E-state index is 0.136. The first-order valence-corrected chi connectivity index (χ1v) is 12.8. The molecule has 0 saturated heterocycles. The highest BCUT2D eigenvalue weighted by Gasteiger charge is 2.21. The lowest BCUT2D eigenvalue weighted by atomic mass is 10.1. The number of nitrogens with one attached hydrogen (secondary N) is 3. The summed E-state index contributed by atoms with van der Waals surface area (Å²) in [5, 5.41) is 12.9. The van der Waals surface area contributed by atoms with Crippen LogP contribution in [-0.4, -0.2) is 80.9 Å². The van der Waals surface area contributed by atoms with E-state index in [1.54, 1.807) is 21.0 Å². The Balaban J connectivity index is 2.37. The third kappa shape index (κ3) is 9.77. The summed E-state index contributed by atoms with van der Waals surface area (Å²) < 4.78 is 15.7. The number of amides is 3. The highest BCUT2D eigenvalue weighted by Crippen LogP contribution is 2.24. The van der Waals surface area contributed by atoms with Crippen LogP contribution in [0, 0.1) is 5.41 Å². The maximum Gasteiger partial charge on any atom is 0.354 e. The average Bonchev–Trinajstić information content (AvgIpc) is 2.94. The number of rotatable bonds is 13. The average molecular weight is 582 g/mol. The molecule has 5 N–H and O–H groups in total. The lowest BCUT2D eigenvalue weighted by Gasteiger charge is -2.20. The lowest BCUT2D eigenvalue weighted by Crippen LogP contribution is -2.41. The quantitative estimate of drug-likeness (QED) is 0.117. The second-order valence-electron chi connectivity index (χ2n) is 9.16. The summed E-state index contributed by atoms with van der Waals surface area (Å²) in [7, 11) is 4.39. The van der Waals surface area contributed by atoms with Crippen molar-refractivity contribution in [2.45, 2.75) is 26.3 Å². The fraction of sp³-hybridized carbons (Fsp3) is 0.310. The van der Waals surface area contributed by atoms with Crippen molar-refractivity contribution in [3.05, 3.63) is 70.4 Å². The van der Waals surface area contributed by atoms with Crippen LogP contribution in [0.2, 0.25) is 0 Å². The van der Waals surface area contributed by atoms with Gasteiger partial charge in [0.15, 0.2) is 0 Å². The zero-order valence-corrected chi connectivity index (χ0v) is 24.1. The largest absolute Gasteiger partial charge is 0.491 e. The fourth-order valence-corrected chi connectivity index (χ4v) is 3.60. The molecule has 0 spiro atoms. The Morgan fingerprint density at radius 3 is 2.19 bits per heavy atom. The number of carbonyl (C=O) groups excluding carboxylic acids is 5. The number of nitrogens with zero attached hydrogens (tertiary/aromatic N) is 1. The Labute approximate surface area is 243 Å². The zero-order valence-electron chi connectivity index (χ0n) is 24.1. The van der Waals surface area contributed by atoms with Crippen LogP contribution in [0.15, 0.2) is 48.2 Å². The first kappa shape index (κ1) is 33.0. The maximum absolute atomic E-state index is 13.0. The Hall–Kier alpha value is -5.20. The van der Waals surface area contributed by atoms with Gasteiger partial charge in [0.25, 0.3) is 11.8 Å². The summed E-state index contributed by atoms with van der Waals surface area (Å²) in [5.41, 5.74) is 6.74. The van der Waals surface area contributed by atoms with Crippen LogP contribution in [0.4, 0.5) is 0 Å². The molecule has 224 valence electrons. The summed E-state index contributed by atoms with van der Waals surface area (Å²) in [6.07, 6.45) is 1.09. The van der Waals surface area contributed by atoms with E-state index in [4.69, 9.17) is 25.4 Å². The molecule has 0 aliphatic heterocycles. The van der Waals surface area contributed by atoms with Crippen LogP contribution >= 0.6 is 0 Å². The number of esters is 2. The van der Waals surface area contributed by atoms with E-state index in [0.717, 1.165) is 7.11 Å². The topological polar surface area (TPSA) is 190 Å². The smallest absolute Gasteiger partial charge is 0.354 e. The molecule has 2 aromatic rings. The monoisotopic (exact) mass is 581 g/mol. The van der Waals surface area contributed by atoms with Crippen LogP contribution < -0.4 is 21.1 Å². The molecule has 2 aromatic carbocycles. The number of hydrogen-bond acceptors (Lipinski definition) is 9. The molecule has 0 aliphatic rings. The third-order valence-electron chi connectivity index (χ3n) is 5.63. The van der Waals surface area contributed by atoms with Crippen LogP contribution in [0.1, 0.15) is 52.1 Å². The molecule has 2 rings (SSSR count). The molecule has 42 heavy (non-hydrogen) atoms. The van der Waals surface area contributed by atoms with Gasteiger partial charge in [-0.1, -0.05) is 12.1 Å². The van der Waals surface area contributed by atoms with Gasteiger partial charge in [0.2, 0.25) is 5.91 Å². The van der Waals surface area contributed by atoms with E-state index in [9.17, 15) is 24.0 Å². The molecule has 3 amide bonds. The molecule has 1 atom stereocenters. The number of amidine groups is 1. The van der Waals surface area contributed by atoms with Gasteiger partial charge in [-0.05, 0) is 43.3 Å². The predicted molar refractivity (Wildman–Crippen MR) is 154 cm³/mol. The molecule has 0 heterocycles. The van der Waals surface area contributed by atoms with E-state index < -0.39 is 29.8 Å². The van der Waals surface area contributed by atoms with Gasteiger partial charge in [0.05, 0.1) is 26.2 Å². The van der Waals surface area contributed by atoms with Gasteiger partial charge in [-0.3, -0.25) is 24.6 Å². The summed E-state index contributed by atoms with van der Waals surface area (Å²) in [5.74, 6) is -2.74. The van der Waals surface area contributed by atoms with Gasteiger partial charge in [-0.15, -0.1) is 0 Å². The van der Waals surface area contributed by atoms with E-state index >= 15 is 0 Å².